The van der Waals surface area contributed by atoms with Gasteiger partial charge in [-0.25, -0.2) is 14.1 Å². The Labute approximate surface area is 163 Å². The second kappa shape index (κ2) is 7.30. The molecule has 4 rings (SSSR count). The average molecular weight is 399 g/mol. The van der Waals surface area contributed by atoms with Crippen molar-refractivity contribution in [1.29, 1.82) is 0 Å². The third kappa shape index (κ3) is 3.60. The fourth-order valence-corrected chi connectivity index (χ4v) is 3.55. The summed E-state index contributed by atoms with van der Waals surface area (Å²) in [6, 6.07) is 15.1. The molecule has 0 bridgehead atoms. The van der Waals surface area contributed by atoms with Crippen LogP contribution in [0.5, 0.6) is 0 Å². The zero-order chi connectivity index (χ0) is 18.8. The molecule has 0 radical (unpaired) electrons. The van der Waals surface area contributed by atoms with Gasteiger partial charge in [0.05, 0.1) is 18.1 Å². The lowest BCUT2D eigenvalue weighted by Crippen LogP contribution is -2.14. The number of amides is 1. The molecule has 134 valence electrons. The van der Waals surface area contributed by atoms with Gasteiger partial charge in [-0.1, -0.05) is 29.8 Å². The van der Waals surface area contributed by atoms with E-state index in [4.69, 9.17) is 11.6 Å². The summed E-state index contributed by atoms with van der Waals surface area (Å²) in [5.74, 6) is -0.236. The first kappa shape index (κ1) is 17.4. The number of benzene rings is 2. The number of nitrogens with zero attached hydrogens (tertiary/aromatic N) is 3. The molecule has 0 aliphatic rings. The maximum absolute atomic E-state index is 13.9. The molecule has 27 heavy (non-hydrogen) atoms. The number of carbonyl (C=O) groups excluding carboxylic acids is 1. The number of rotatable bonds is 4. The molecule has 0 saturated heterocycles. The Morgan fingerprint density at radius 1 is 1.15 bits per heavy atom. The zero-order valence-corrected chi connectivity index (χ0v) is 15.3. The highest BCUT2D eigenvalue weighted by molar-refractivity contribution is 7.17. The van der Waals surface area contributed by atoms with Crippen molar-refractivity contribution in [2.75, 3.05) is 5.32 Å². The minimum absolute atomic E-state index is 0.348. The fourth-order valence-electron chi connectivity index (χ4n) is 2.53. The first-order valence-corrected chi connectivity index (χ1v) is 9.13. The van der Waals surface area contributed by atoms with Crippen LogP contribution in [0.2, 0.25) is 5.02 Å². The molecule has 4 aromatic rings. The molecule has 0 spiro atoms. The highest BCUT2D eigenvalue weighted by atomic mass is 35.5. The predicted octanol–water partition coefficient (Wildman–Crippen LogP) is 5.04. The highest BCUT2D eigenvalue weighted by Crippen LogP contribution is 2.28. The molecule has 0 aliphatic heterocycles. The van der Waals surface area contributed by atoms with Crippen molar-refractivity contribution in [3.05, 3.63) is 82.7 Å². The Morgan fingerprint density at radius 2 is 2.00 bits per heavy atom. The molecule has 2 aromatic carbocycles. The molecule has 5 nitrogen and oxygen atoms in total. The number of hydrogen-bond acceptors (Lipinski definition) is 4. The van der Waals surface area contributed by atoms with E-state index in [0.29, 0.717) is 26.3 Å². The third-order valence-electron chi connectivity index (χ3n) is 3.77. The molecular weight excluding hydrogens is 387 g/mol. The fraction of sp³-hybridized carbons (Fsp3) is 0. The summed E-state index contributed by atoms with van der Waals surface area (Å²) in [6.45, 7) is 0. The van der Waals surface area contributed by atoms with Gasteiger partial charge in [-0.15, -0.1) is 11.3 Å². The summed E-state index contributed by atoms with van der Waals surface area (Å²) < 4.78 is 15.5. The van der Waals surface area contributed by atoms with Crippen LogP contribution in [-0.4, -0.2) is 20.7 Å². The van der Waals surface area contributed by atoms with Gasteiger partial charge in [0.15, 0.2) is 0 Å². The maximum Gasteiger partial charge on any atom is 0.268 e. The van der Waals surface area contributed by atoms with Crippen molar-refractivity contribution in [3.8, 4) is 16.3 Å². The summed E-state index contributed by atoms with van der Waals surface area (Å²) in [5, 5.41) is 8.03. The van der Waals surface area contributed by atoms with Crippen LogP contribution in [0.15, 0.2) is 67.0 Å². The number of anilines is 1. The molecule has 0 unspecified atom stereocenters. The van der Waals surface area contributed by atoms with Gasteiger partial charge < -0.3 is 5.32 Å². The second-order valence-corrected chi connectivity index (χ2v) is 7.04. The predicted molar refractivity (Wildman–Crippen MR) is 104 cm³/mol. The van der Waals surface area contributed by atoms with E-state index in [1.165, 1.54) is 12.3 Å². The maximum atomic E-state index is 13.9. The van der Waals surface area contributed by atoms with Crippen LogP contribution in [0.1, 0.15) is 9.67 Å². The van der Waals surface area contributed by atoms with Crippen LogP contribution in [0.4, 0.5) is 10.2 Å². The Kier molecular flexibility index (Phi) is 4.70. The second-order valence-electron chi connectivity index (χ2n) is 5.57. The van der Waals surface area contributed by atoms with Crippen molar-refractivity contribution in [3.63, 3.8) is 0 Å². The van der Waals surface area contributed by atoms with Gasteiger partial charge in [0.2, 0.25) is 0 Å². The molecule has 1 amide bonds. The van der Waals surface area contributed by atoms with Crippen LogP contribution in [-0.2, 0) is 0 Å². The monoisotopic (exact) mass is 398 g/mol. The van der Waals surface area contributed by atoms with Gasteiger partial charge in [-0.3, -0.25) is 4.79 Å². The normalized spacial score (nSPS) is 10.7. The van der Waals surface area contributed by atoms with E-state index in [2.05, 4.69) is 15.4 Å². The number of thiazole rings is 1. The van der Waals surface area contributed by atoms with Crippen molar-refractivity contribution in [2.45, 2.75) is 0 Å². The standard InChI is InChI=1S/C19H12ClFN4OS/c20-12-4-3-5-13(10-12)25-17(8-9-23-25)24-18(26)16-11-22-19(27-16)14-6-1-2-7-15(14)21/h1-11H,(H,24,26). The molecule has 2 aromatic heterocycles. The largest absolute Gasteiger partial charge is 0.306 e. The van der Waals surface area contributed by atoms with Gasteiger partial charge in [-0.2, -0.15) is 5.10 Å². The minimum Gasteiger partial charge on any atom is -0.306 e. The van der Waals surface area contributed by atoms with Crippen molar-refractivity contribution >= 4 is 34.7 Å². The number of nitrogens with one attached hydrogen (secondary N) is 1. The summed E-state index contributed by atoms with van der Waals surface area (Å²) >= 11 is 7.14. The molecule has 0 aliphatic carbocycles. The lowest BCUT2D eigenvalue weighted by atomic mass is 10.2. The van der Waals surface area contributed by atoms with Crippen LogP contribution >= 0.6 is 22.9 Å². The quantitative estimate of drug-likeness (QED) is 0.523. The lowest BCUT2D eigenvalue weighted by Gasteiger charge is -2.08. The first-order chi connectivity index (χ1) is 13.1. The minimum atomic E-state index is -0.377. The summed E-state index contributed by atoms with van der Waals surface area (Å²) in [4.78, 5) is 17.1. The van der Waals surface area contributed by atoms with Crippen molar-refractivity contribution in [1.82, 2.24) is 14.8 Å². The van der Waals surface area contributed by atoms with Crippen LogP contribution in [0.3, 0.4) is 0 Å². The molecular formula is C19H12ClFN4OS. The van der Waals surface area contributed by atoms with Crippen LogP contribution < -0.4 is 5.32 Å². The smallest absolute Gasteiger partial charge is 0.268 e. The molecule has 1 N–H and O–H groups in total. The molecule has 0 saturated carbocycles. The van der Waals surface area contributed by atoms with Gasteiger partial charge in [0.25, 0.3) is 5.91 Å². The SMILES string of the molecule is O=C(Nc1ccnn1-c1cccc(Cl)c1)c1cnc(-c2ccccc2F)s1. The summed E-state index contributed by atoms with van der Waals surface area (Å²) in [6.07, 6.45) is 3.01. The van der Waals surface area contributed by atoms with E-state index in [1.54, 1.807) is 53.3 Å². The number of hydrogen-bond donors (Lipinski definition) is 1. The Morgan fingerprint density at radius 3 is 2.81 bits per heavy atom. The van der Waals surface area contributed by atoms with Crippen molar-refractivity contribution < 1.29 is 9.18 Å². The van der Waals surface area contributed by atoms with Gasteiger partial charge in [-0.05, 0) is 30.3 Å². The van der Waals surface area contributed by atoms with Gasteiger partial charge >= 0.3 is 0 Å². The molecule has 0 atom stereocenters. The zero-order valence-electron chi connectivity index (χ0n) is 13.8. The van der Waals surface area contributed by atoms with E-state index >= 15 is 0 Å². The van der Waals surface area contributed by atoms with E-state index in [0.717, 1.165) is 17.0 Å². The average Bonchev–Trinajstić information content (AvgIpc) is 3.32. The topological polar surface area (TPSA) is 59.8 Å². The van der Waals surface area contributed by atoms with Crippen LogP contribution in [0.25, 0.3) is 16.3 Å². The van der Waals surface area contributed by atoms with E-state index in [1.807, 2.05) is 6.07 Å². The Balaban J connectivity index is 1.58. The molecule has 8 heteroatoms. The van der Waals surface area contributed by atoms with Crippen LogP contribution in [0, 0.1) is 5.82 Å². The van der Waals surface area contributed by atoms with E-state index in [9.17, 15) is 9.18 Å². The van der Waals surface area contributed by atoms with Crippen molar-refractivity contribution in [2.24, 2.45) is 0 Å². The van der Waals surface area contributed by atoms with E-state index in [-0.39, 0.29) is 11.7 Å². The lowest BCUT2D eigenvalue weighted by molar-refractivity contribution is 0.102. The van der Waals surface area contributed by atoms with Gasteiger partial charge in [0, 0.05) is 16.7 Å². The summed E-state index contributed by atoms with van der Waals surface area (Å²) in [7, 11) is 0. The summed E-state index contributed by atoms with van der Waals surface area (Å²) in [5.41, 5.74) is 1.09. The number of halogens is 2. The van der Waals surface area contributed by atoms with Gasteiger partial charge in [0.1, 0.15) is 21.5 Å². The highest BCUT2D eigenvalue weighted by Gasteiger charge is 2.16. The molecule has 2 heterocycles. The number of carbonyl (C=O) groups is 1. The Bertz CT molecular complexity index is 1120. The Hall–Kier alpha value is -3.03. The first-order valence-electron chi connectivity index (χ1n) is 7.94. The third-order valence-corrected chi connectivity index (χ3v) is 5.04. The van der Waals surface area contributed by atoms with E-state index < -0.39 is 0 Å². The number of aromatic nitrogens is 3. The molecule has 0 fully saturated rings.